The number of piperidine rings is 1. The van der Waals surface area contributed by atoms with Crippen LogP contribution in [0.15, 0.2) is 0 Å². The molecule has 0 aromatic heterocycles. The van der Waals surface area contributed by atoms with Gasteiger partial charge >= 0.3 is 0 Å². The number of carbonyl (C=O) groups is 1. The number of nitrogens with two attached hydrogens (primary N) is 1. The molecule has 1 amide bonds. The highest BCUT2D eigenvalue weighted by Crippen LogP contribution is 2.23. The van der Waals surface area contributed by atoms with E-state index in [0.29, 0.717) is 24.4 Å². The van der Waals surface area contributed by atoms with Crippen LogP contribution in [0.4, 0.5) is 0 Å². The minimum Gasteiger partial charge on any atom is -0.339 e. The molecule has 1 aliphatic heterocycles. The number of hydrogen-bond donors (Lipinski definition) is 1. The highest BCUT2D eigenvalue weighted by molar-refractivity contribution is 5.85. The predicted molar refractivity (Wildman–Crippen MR) is 89.7 cm³/mol. The van der Waals surface area contributed by atoms with Gasteiger partial charge < -0.3 is 10.6 Å². The smallest absolute Gasteiger partial charge is 0.236 e. The zero-order valence-corrected chi connectivity index (χ0v) is 14.2. The molecule has 124 valence electrons. The summed E-state index contributed by atoms with van der Waals surface area (Å²) in [5.74, 6) is 0.915. The van der Waals surface area contributed by atoms with Crippen molar-refractivity contribution in [2.24, 2.45) is 11.7 Å². The van der Waals surface area contributed by atoms with Crippen molar-refractivity contribution in [3.8, 4) is 0 Å². The first-order valence-corrected chi connectivity index (χ1v) is 8.46. The zero-order valence-electron chi connectivity index (χ0n) is 13.4. The lowest BCUT2D eigenvalue weighted by Gasteiger charge is -2.37. The second-order valence-electron chi connectivity index (χ2n) is 6.45. The van der Waals surface area contributed by atoms with Crippen molar-refractivity contribution >= 4 is 18.3 Å². The molecule has 1 saturated carbocycles. The molecule has 1 unspecified atom stereocenters. The molecule has 1 saturated heterocycles. The summed E-state index contributed by atoms with van der Waals surface area (Å²) in [4.78, 5) is 17.0. The number of rotatable bonds is 5. The SMILES string of the molecule is CCN(C(=O)CN1CCCC(CN)C1)C1CCCCC1.Cl. The van der Waals surface area contributed by atoms with Gasteiger partial charge in [0.15, 0.2) is 0 Å². The molecule has 4 nitrogen and oxygen atoms in total. The quantitative estimate of drug-likeness (QED) is 0.846. The van der Waals surface area contributed by atoms with Crippen molar-refractivity contribution < 1.29 is 4.79 Å². The number of halogens is 1. The normalized spacial score (nSPS) is 24.4. The Morgan fingerprint density at radius 2 is 1.90 bits per heavy atom. The molecular weight excluding hydrogens is 286 g/mol. The fourth-order valence-corrected chi connectivity index (χ4v) is 3.80. The van der Waals surface area contributed by atoms with Crippen LogP contribution in [0.25, 0.3) is 0 Å². The minimum absolute atomic E-state index is 0. The molecule has 1 heterocycles. The Morgan fingerprint density at radius 3 is 2.52 bits per heavy atom. The van der Waals surface area contributed by atoms with Crippen LogP contribution in [-0.4, -0.2) is 54.5 Å². The lowest BCUT2D eigenvalue weighted by atomic mass is 9.94. The molecule has 0 aromatic carbocycles. The highest BCUT2D eigenvalue weighted by atomic mass is 35.5. The third-order valence-electron chi connectivity index (χ3n) is 4.97. The van der Waals surface area contributed by atoms with E-state index in [2.05, 4.69) is 16.7 Å². The van der Waals surface area contributed by atoms with Crippen LogP contribution < -0.4 is 5.73 Å². The topological polar surface area (TPSA) is 49.6 Å². The van der Waals surface area contributed by atoms with Gasteiger partial charge in [-0.1, -0.05) is 19.3 Å². The van der Waals surface area contributed by atoms with Crippen molar-refractivity contribution in [1.82, 2.24) is 9.80 Å². The Kier molecular flexibility index (Phi) is 8.60. The monoisotopic (exact) mass is 317 g/mol. The van der Waals surface area contributed by atoms with Crippen LogP contribution in [0.2, 0.25) is 0 Å². The fourth-order valence-electron chi connectivity index (χ4n) is 3.80. The molecule has 1 aliphatic carbocycles. The van der Waals surface area contributed by atoms with Gasteiger partial charge in [-0.3, -0.25) is 9.69 Å². The third kappa shape index (κ3) is 5.42. The van der Waals surface area contributed by atoms with Gasteiger partial charge in [0.05, 0.1) is 6.54 Å². The molecule has 5 heteroatoms. The van der Waals surface area contributed by atoms with Crippen LogP contribution in [0.5, 0.6) is 0 Å². The van der Waals surface area contributed by atoms with Crippen molar-refractivity contribution in [2.75, 3.05) is 32.7 Å². The number of hydrogen-bond acceptors (Lipinski definition) is 3. The lowest BCUT2D eigenvalue weighted by molar-refractivity contribution is -0.135. The summed E-state index contributed by atoms with van der Waals surface area (Å²) in [6.45, 7) is 6.39. The van der Waals surface area contributed by atoms with Gasteiger partial charge in [-0.2, -0.15) is 0 Å². The summed E-state index contributed by atoms with van der Waals surface area (Å²) in [6, 6.07) is 0.497. The number of carbonyl (C=O) groups excluding carboxylic acids is 1. The fraction of sp³-hybridized carbons (Fsp3) is 0.938. The average molecular weight is 318 g/mol. The first-order chi connectivity index (χ1) is 9.74. The highest BCUT2D eigenvalue weighted by Gasteiger charge is 2.27. The maximum absolute atomic E-state index is 12.6. The van der Waals surface area contributed by atoms with E-state index < -0.39 is 0 Å². The molecule has 2 rings (SSSR count). The van der Waals surface area contributed by atoms with Crippen LogP contribution in [0.1, 0.15) is 51.9 Å². The maximum atomic E-state index is 12.6. The standard InChI is InChI=1S/C16H31N3O.ClH/c1-2-19(15-8-4-3-5-9-15)16(20)13-18-10-6-7-14(11-17)12-18;/h14-15H,2-13,17H2,1H3;1H. The Hall–Kier alpha value is -0.320. The summed E-state index contributed by atoms with van der Waals surface area (Å²) in [6.07, 6.45) is 8.72. The van der Waals surface area contributed by atoms with Crippen LogP contribution >= 0.6 is 12.4 Å². The first kappa shape index (κ1) is 18.7. The molecule has 2 aliphatic rings. The van der Waals surface area contributed by atoms with E-state index in [-0.39, 0.29) is 12.4 Å². The number of amides is 1. The lowest BCUT2D eigenvalue weighted by Crippen LogP contribution is -2.48. The Bertz CT molecular complexity index is 308. The second kappa shape index (κ2) is 9.65. The van der Waals surface area contributed by atoms with Crippen LogP contribution in [0.3, 0.4) is 0 Å². The Morgan fingerprint density at radius 1 is 1.19 bits per heavy atom. The Balaban J connectivity index is 0.00000220. The van der Waals surface area contributed by atoms with Gasteiger partial charge in [0, 0.05) is 19.1 Å². The van der Waals surface area contributed by atoms with E-state index in [1.54, 1.807) is 0 Å². The van der Waals surface area contributed by atoms with Crippen LogP contribution in [-0.2, 0) is 4.79 Å². The second-order valence-corrected chi connectivity index (χ2v) is 6.45. The van der Waals surface area contributed by atoms with Gasteiger partial charge in [-0.15, -0.1) is 12.4 Å². The molecule has 0 bridgehead atoms. The summed E-state index contributed by atoms with van der Waals surface area (Å²) >= 11 is 0. The van der Waals surface area contributed by atoms with Crippen molar-refractivity contribution in [1.29, 1.82) is 0 Å². The largest absolute Gasteiger partial charge is 0.339 e. The van der Waals surface area contributed by atoms with Gasteiger partial charge in [0.2, 0.25) is 5.91 Å². The van der Waals surface area contributed by atoms with E-state index >= 15 is 0 Å². The molecule has 21 heavy (non-hydrogen) atoms. The molecule has 0 aromatic rings. The van der Waals surface area contributed by atoms with Gasteiger partial charge in [0.25, 0.3) is 0 Å². The summed E-state index contributed by atoms with van der Waals surface area (Å²) in [7, 11) is 0. The van der Waals surface area contributed by atoms with Gasteiger partial charge in [-0.05, 0) is 51.6 Å². The molecule has 2 fully saturated rings. The van der Waals surface area contributed by atoms with E-state index in [1.807, 2.05) is 0 Å². The Labute approximate surface area is 135 Å². The van der Waals surface area contributed by atoms with Crippen LogP contribution in [0, 0.1) is 5.92 Å². The van der Waals surface area contributed by atoms with Crippen molar-refractivity contribution in [3.63, 3.8) is 0 Å². The van der Waals surface area contributed by atoms with E-state index in [1.165, 1.54) is 44.9 Å². The summed E-state index contributed by atoms with van der Waals surface area (Å²) < 4.78 is 0. The molecule has 2 N–H and O–H groups in total. The first-order valence-electron chi connectivity index (χ1n) is 8.46. The van der Waals surface area contributed by atoms with Gasteiger partial charge in [-0.25, -0.2) is 0 Å². The number of likely N-dealkylation sites (tertiary alicyclic amines) is 1. The van der Waals surface area contributed by atoms with Crippen molar-refractivity contribution in [2.45, 2.75) is 57.9 Å². The number of likely N-dealkylation sites (N-methyl/N-ethyl adjacent to an activating group) is 1. The molecule has 1 atom stereocenters. The molecular formula is C16H32ClN3O. The van der Waals surface area contributed by atoms with Gasteiger partial charge in [0.1, 0.15) is 0 Å². The third-order valence-corrected chi connectivity index (χ3v) is 4.97. The van der Waals surface area contributed by atoms with E-state index in [9.17, 15) is 4.79 Å². The number of nitrogens with zero attached hydrogens (tertiary/aromatic N) is 2. The molecule has 0 spiro atoms. The zero-order chi connectivity index (χ0) is 14.4. The van der Waals surface area contributed by atoms with E-state index in [4.69, 9.17) is 5.73 Å². The predicted octanol–water partition coefficient (Wildman–Crippen LogP) is 2.26. The summed E-state index contributed by atoms with van der Waals surface area (Å²) in [5.41, 5.74) is 5.78. The van der Waals surface area contributed by atoms with E-state index in [0.717, 1.165) is 26.2 Å². The minimum atomic E-state index is 0. The maximum Gasteiger partial charge on any atom is 0.236 e. The van der Waals surface area contributed by atoms with Crippen molar-refractivity contribution in [3.05, 3.63) is 0 Å². The molecule has 0 radical (unpaired) electrons. The average Bonchev–Trinajstić information content (AvgIpc) is 2.49. The summed E-state index contributed by atoms with van der Waals surface area (Å²) in [5, 5.41) is 0.